The number of hydrogen-bond donors (Lipinski definition) is 2. The third-order valence-corrected chi connectivity index (χ3v) is 3.29. The second-order valence-electron chi connectivity index (χ2n) is 3.90. The van der Waals surface area contributed by atoms with Crippen molar-refractivity contribution in [3.8, 4) is 17.6 Å². The third kappa shape index (κ3) is 2.83. The molecule has 3 N–H and O–H groups in total. The zero-order valence-corrected chi connectivity index (χ0v) is 12.2. The largest absolute Gasteiger partial charge is 0.403 e. The van der Waals surface area contributed by atoms with Crippen LogP contribution in [-0.2, 0) is 0 Å². The van der Waals surface area contributed by atoms with Crippen LogP contribution >= 0.6 is 15.9 Å². The smallest absolute Gasteiger partial charge is 0.342 e. The molecule has 2 heterocycles. The van der Waals surface area contributed by atoms with Crippen LogP contribution in [0, 0.1) is 0 Å². The molecule has 0 radical (unpaired) electrons. The maximum atomic E-state index is 5.52. The predicted molar refractivity (Wildman–Crippen MR) is 79.0 cm³/mol. The summed E-state index contributed by atoms with van der Waals surface area (Å²) < 4.78 is 7.61. The first kappa shape index (κ1) is 13.5. The van der Waals surface area contributed by atoms with E-state index < -0.39 is 0 Å². The number of hydrogen-bond acceptors (Lipinski definition) is 7. The molecule has 0 atom stereocenters. The summed E-state index contributed by atoms with van der Waals surface area (Å²) in [5, 5.41) is 4.22. The van der Waals surface area contributed by atoms with Crippen molar-refractivity contribution in [1.29, 1.82) is 0 Å². The van der Waals surface area contributed by atoms with Gasteiger partial charge in [-0.25, -0.2) is 20.5 Å². The highest BCUT2D eigenvalue weighted by Gasteiger charge is 2.12. The molecule has 3 rings (SSSR count). The van der Waals surface area contributed by atoms with Crippen molar-refractivity contribution < 1.29 is 4.74 Å². The van der Waals surface area contributed by atoms with Gasteiger partial charge in [-0.3, -0.25) is 0 Å². The van der Waals surface area contributed by atoms with E-state index in [-0.39, 0.29) is 11.9 Å². The Morgan fingerprint density at radius 2 is 1.95 bits per heavy atom. The first-order chi connectivity index (χ1) is 10.3. The molecule has 0 spiro atoms. The summed E-state index contributed by atoms with van der Waals surface area (Å²) in [7, 11) is 0. The number of nitrogens with two attached hydrogens (primary N) is 1. The number of nitrogens with zero attached hydrogens (tertiary/aromatic N) is 5. The highest BCUT2D eigenvalue weighted by Crippen LogP contribution is 2.30. The summed E-state index contributed by atoms with van der Waals surface area (Å²) in [6, 6.07) is 9.75. The molecule has 0 unspecified atom stereocenters. The Bertz CT molecular complexity index is 746. The minimum atomic E-state index is 0.168. The normalized spacial score (nSPS) is 10.4. The van der Waals surface area contributed by atoms with Crippen LogP contribution in [0.4, 0.5) is 5.82 Å². The summed E-state index contributed by atoms with van der Waals surface area (Å²) in [6.45, 7) is 0. The minimum absolute atomic E-state index is 0.168. The molecule has 9 heteroatoms. The standard InChI is InChI=1S/C12H10BrN7O/c13-9-10(18-14)15-6-16-11(9)21-12-17-7-20(19-12)8-4-2-1-3-5-8/h1-7H,14H2,(H,15,16,18). The van der Waals surface area contributed by atoms with Crippen molar-refractivity contribution in [3.63, 3.8) is 0 Å². The molecule has 2 aromatic heterocycles. The van der Waals surface area contributed by atoms with Crippen LogP contribution in [0.25, 0.3) is 5.69 Å². The lowest BCUT2D eigenvalue weighted by Crippen LogP contribution is -2.10. The Labute approximate surface area is 128 Å². The van der Waals surface area contributed by atoms with E-state index in [9.17, 15) is 0 Å². The Kier molecular flexibility index (Phi) is 3.75. The second-order valence-corrected chi connectivity index (χ2v) is 4.69. The number of halogens is 1. The molecular formula is C12H10BrN7O. The first-order valence-electron chi connectivity index (χ1n) is 5.90. The number of nitrogen functional groups attached to an aromatic ring is 1. The Morgan fingerprint density at radius 1 is 1.14 bits per heavy atom. The van der Waals surface area contributed by atoms with Gasteiger partial charge in [0.15, 0.2) is 5.82 Å². The van der Waals surface area contributed by atoms with Crippen molar-refractivity contribution in [3.05, 3.63) is 47.5 Å². The lowest BCUT2D eigenvalue weighted by Gasteiger charge is -2.05. The van der Waals surface area contributed by atoms with E-state index in [4.69, 9.17) is 10.6 Å². The Balaban J connectivity index is 1.85. The van der Waals surface area contributed by atoms with Gasteiger partial charge in [-0.15, -0.1) is 5.10 Å². The van der Waals surface area contributed by atoms with Gasteiger partial charge in [0.25, 0.3) is 0 Å². The average Bonchev–Trinajstić information content (AvgIpc) is 2.99. The summed E-state index contributed by atoms with van der Waals surface area (Å²) in [5.74, 6) is 6.00. The molecule has 0 saturated carbocycles. The summed E-state index contributed by atoms with van der Waals surface area (Å²) in [4.78, 5) is 12.0. The van der Waals surface area contributed by atoms with Gasteiger partial charge >= 0.3 is 6.01 Å². The van der Waals surface area contributed by atoms with E-state index in [2.05, 4.69) is 41.4 Å². The molecule has 106 valence electrons. The zero-order chi connectivity index (χ0) is 14.7. The van der Waals surface area contributed by atoms with Crippen LogP contribution < -0.4 is 16.0 Å². The molecule has 0 aliphatic rings. The first-order valence-corrected chi connectivity index (χ1v) is 6.69. The number of para-hydroxylation sites is 1. The quantitative estimate of drug-likeness (QED) is 0.548. The number of nitrogens with one attached hydrogen (secondary N) is 1. The molecule has 1 aromatic carbocycles. The van der Waals surface area contributed by atoms with Crippen LogP contribution in [0.2, 0.25) is 0 Å². The van der Waals surface area contributed by atoms with Crippen molar-refractivity contribution in [2.45, 2.75) is 0 Å². The molecular weight excluding hydrogens is 338 g/mol. The summed E-state index contributed by atoms with van der Waals surface area (Å²) in [6.07, 6.45) is 2.88. The highest BCUT2D eigenvalue weighted by molar-refractivity contribution is 9.10. The number of ether oxygens (including phenoxy) is 1. The van der Waals surface area contributed by atoms with Gasteiger partial charge in [-0.05, 0) is 28.1 Å². The monoisotopic (exact) mass is 347 g/mol. The number of aromatic nitrogens is 5. The van der Waals surface area contributed by atoms with Gasteiger partial charge in [0.05, 0.1) is 5.69 Å². The van der Waals surface area contributed by atoms with Crippen molar-refractivity contribution in [2.75, 3.05) is 5.43 Å². The van der Waals surface area contributed by atoms with Crippen LogP contribution in [0.3, 0.4) is 0 Å². The predicted octanol–water partition coefficient (Wildman–Crippen LogP) is 1.90. The lowest BCUT2D eigenvalue weighted by molar-refractivity contribution is 0.421. The van der Waals surface area contributed by atoms with Crippen molar-refractivity contribution >= 4 is 21.7 Å². The van der Waals surface area contributed by atoms with E-state index in [0.717, 1.165) is 5.69 Å². The van der Waals surface area contributed by atoms with E-state index in [1.165, 1.54) is 6.33 Å². The van der Waals surface area contributed by atoms with E-state index in [1.807, 2.05) is 30.3 Å². The summed E-state index contributed by atoms with van der Waals surface area (Å²) in [5.41, 5.74) is 3.31. The third-order valence-electron chi connectivity index (χ3n) is 2.57. The highest BCUT2D eigenvalue weighted by atomic mass is 79.9. The number of anilines is 1. The molecule has 0 fully saturated rings. The molecule has 21 heavy (non-hydrogen) atoms. The van der Waals surface area contributed by atoms with Crippen LogP contribution in [-0.4, -0.2) is 24.7 Å². The molecule has 0 bridgehead atoms. The average molecular weight is 348 g/mol. The minimum Gasteiger partial charge on any atom is -0.403 e. The Morgan fingerprint density at radius 3 is 2.71 bits per heavy atom. The van der Waals surface area contributed by atoms with Gasteiger partial charge < -0.3 is 10.2 Å². The number of rotatable bonds is 4. The second kappa shape index (κ2) is 5.85. The number of hydrazine groups is 1. The van der Waals surface area contributed by atoms with E-state index >= 15 is 0 Å². The maximum Gasteiger partial charge on any atom is 0.342 e. The van der Waals surface area contributed by atoms with Gasteiger partial charge in [-0.2, -0.15) is 4.98 Å². The summed E-state index contributed by atoms with van der Waals surface area (Å²) >= 11 is 3.30. The SMILES string of the molecule is NNc1ncnc(Oc2ncn(-c3ccccc3)n2)c1Br. The molecule has 0 aliphatic heterocycles. The topological polar surface area (TPSA) is 104 Å². The Hall–Kier alpha value is -2.52. The molecule has 0 saturated heterocycles. The van der Waals surface area contributed by atoms with Gasteiger partial charge in [0, 0.05) is 0 Å². The molecule has 0 amide bonds. The van der Waals surface area contributed by atoms with Crippen LogP contribution in [0.1, 0.15) is 0 Å². The van der Waals surface area contributed by atoms with Crippen molar-refractivity contribution in [2.24, 2.45) is 5.84 Å². The van der Waals surface area contributed by atoms with Gasteiger partial charge in [-0.1, -0.05) is 18.2 Å². The molecule has 0 aliphatic carbocycles. The fraction of sp³-hybridized carbons (Fsp3) is 0. The zero-order valence-electron chi connectivity index (χ0n) is 10.6. The van der Waals surface area contributed by atoms with Gasteiger partial charge in [0.2, 0.25) is 5.88 Å². The van der Waals surface area contributed by atoms with Crippen molar-refractivity contribution in [1.82, 2.24) is 24.7 Å². The number of benzene rings is 1. The maximum absolute atomic E-state index is 5.52. The molecule has 8 nitrogen and oxygen atoms in total. The molecule has 3 aromatic rings. The fourth-order valence-corrected chi connectivity index (χ4v) is 2.01. The van der Waals surface area contributed by atoms with Gasteiger partial charge in [0.1, 0.15) is 17.1 Å². The van der Waals surface area contributed by atoms with Crippen LogP contribution in [0.15, 0.2) is 47.5 Å². The van der Waals surface area contributed by atoms with E-state index in [1.54, 1.807) is 11.0 Å². The fourth-order valence-electron chi connectivity index (χ4n) is 1.61. The lowest BCUT2D eigenvalue weighted by atomic mass is 10.3. The van der Waals surface area contributed by atoms with Crippen LogP contribution in [0.5, 0.6) is 11.9 Å². The van der Waals surface area contributed by atoms with E-state index in [0.29, 0.717) is 10.3 Å².